The van der Waals surface area contributed by atoms with Gasteiger partial charge in [-0.2, -0.15) is 5.11 Å². The molecule has 0 radical (unpaired) electrons. The number of rotatable bonds is 21. The molecule has 2 amide bonds. The molecule has 86 heavy (non-hydrogen) atoms. The first-order chi connectivity index (χ1) is 40.7. The average Bonchev–Trinajstić information content (AvgIpc) is 1.48. The minimum absolute atomic E-state index is 0.0243. The second-order valence-corrected chi connectivity index (χ2v) is 26.0. The van der Waals surface area contributed by atoms with E-state index >= 15 is 14.0 Å². The smallest absolute Gasteiger partial charge is 0.429 e. The molecule has 2 aromatic rings. The zero-order chi connectivity index (χ0) is 63.2. The first-order valence-corrected chi connectivity index (χ1v) is 31.1. The van der Waals surface area contributed by atoms with Gasteiger partial charge < -0.3 is 62.5 Å². The lowest BCUT2D eigenvalue weighted by atomic mass is 9.67. The molecule has 3 N–H and O–H groups in total. The number of ether oxygens (including phenoxy) is 10. The fourth-order valence-corrected chi connectivity index (χ4v) is 14.4. The van der Waals surface area contributed by atoms with E-state index in [0.29, 0.717) is 25.9 Å². The quantitative estimate of drug-likeness (QED) is 0.0504. The Kier molecular flexibility index (Phi) is 23.9. The average molecular weight is 1330 g/mol. The number of nitrogens with zero attached hydrogens (tertiary/aromatic N) is 6. The van der Waals surface area contributed by atoms with Crippen LogP contribution in [0.1, 0.15) is 105 Å². The summed E-state index contributed by atoms with van der Waals surface area (Å²) in [6, 6.07) is 9.05. The van der Waals surface area contributed by atoms with Crippen LogP contribution in [0.25, 0.3) is 11.1 Å². The number of hydrazine groups is 1. The van der Waals surface area contributed by atoms with Crippen molar-refractivity contribution in [2.45, 2.75) is 189 Å². The molecule has 482 valence electrons. The highest BCUT2D eigenvalue weighted by Crippen LogP contribution is 2.48. The fourth-order valence-electron chi connectivity index (χ4n) is 13.6. The number of benzene rings is 1. The number of methoxy groups -OCH3 is 4. The lowest BCUT2D eigenvalue weighted by molar-refractivity contribution is -0.305. The number of aliphatic hydroxyl groups excluding tert-OH is 2. The van der Waals surface area contributed by atoms with Gasteiger partial charge in [0.15, 0.2) is 16.0 Å². The number of hydrogen-bond acceptors (Lipinski definition) is 21. The monoisotopic (exact) mass is 1330 g/mol. The van der Waals surface area contributed by atoms with E-state index in [9.17, 15) is 19.8 Å². The van der Waals surface area contributed by atoms with Crippen molar-refractivity contribution in [2.24, 2.45) is 39.9 Å². The van der Waals surface area contributed by atoms with Gasteiger partial charge in [0.2, 0.25) is 0 Å². The van der Waals surface area contributed by atoms with E-state index in [-0.39, 0.29) is 37.9 Å². The number of amides is 2. The number of nitrogens with one attached hydrogen (secondary N) is 1. The topological polar surface area (TPSA) is 260 Å². The Bertz CT molecular complexity index is 2620. The number of aliphatic hydroxyl groups is 2. The SMILES string of the molecule is COCCOCC(=O)NN1C(=O)O[C@]2(C)[C@@H](I)OC(=O)[C@H](C)C([C@H]3C[C@@](C)(OC)[C@@H](O)[C@H](C)O3)[C@H](C)[C@@H](O[C@@H]3O[C@H](C)C[C@H](N(C)CCC4CN([C@H](CF)[C@H](OC)c5ccc(-c6ccc(C)nc6)cc5)N=N4)[C@H]3O)[C@](C)(OC)C[C@@H](C)C(=O)[C@H](C)[C@@H]12. The van der Waals surface area contributed by atoms with Crippen LogP contribution < -0.4 is 5.43 Å². The van der Waals surface area contributed by atoms with Crippen LogP contribution in [0, 0.1) is 36.5 Å². The molecule has 2 unspecified atom stereocenters. The predicted molar refractivity (Wildman–Crippen MR) is 321 cm³/mol. The largest absolute Gasteiger partial charge is 0.447 e. The van der Waals surface area contributed by atoms with E-state index < -0.39 is 149 Å². The summed E-state index contributed by atoms with van der Waals surface area (Å²) in [6.07, 6.45) is -5.26. The molecule has 6 heterocycles. The van der Waals surface area contributed by atoms with E-state index in [0.717, 1.165) is 27.4 Å². The third kappa shape index (κ3) is 15.2. The second-order valence-electron chi connectivity index (χ2n) is 24.9. The summed E-state index contributed by atoms with van der Waals surface area (Å²) in [4.78, 5) is 64.0. The normalized spacial score (nSPS) is 37.2. The third-order valence-electron chi connectivity index (χ3n) is 18.8. The van der Waals surface area contributed by atoms with Gasteiger partial charge in [-0.25, -0.2) is 14.2 Å². The number of aryl methyl sites for hydroxylation is 1. The molecule has 5 aliphatic rings. The Morgan fingerprint density at radius 1 is 0.930 bits per heavy atom. The summed E-state index contributed by atoms with van der Waals surface area (Å²) in [6.45, 7) is 17.7. The van der Waals surface area contributed by atoms with Gasteiger partial charge in [-0.3, -0.25) is 29.8 Å². The van der Waals surface area contributed by atoms with Crippen LogP contribution in [0.4, 0.5) is 9.18 Å². The Hall–Kier alpha value is -4.13. The van der Waals surface area contributed by atoms with Crippen LogP contribution in [-0.4, -0.2) is 217 Å². The number of Topliss-reactive ketones (excluding diaryl/α,β-unsaturated/α-hetero) is 1. The highest BCUT2D eigenvalue weighted by molar-refractivity contribution is 14.1. The molecular weight excluding hydrogens is 1230 g/mol. The molecule has 1 aromatic heterocycles. The molecule has 0 aliphatic carbocycles. The minimum atomic E-state index is -1.69. The summed E-state index contributed by atoms with van der Waals surface area (Å²) in [5.74, 6) is -6.12. The predicted octanol–water partition coefficient (Wildman–Crippen LogP) is 6.77. The van der Waals surface area contributed by atoms with Crippen LogP contribution in [0.5, 0.6) is 0 Å². The number of alkyl halides is 2. The molecule has 7 rings (SSSR count). The first kappa shape index (κ1) is 69.3. The Balaban J connectivity index is 1.15. The Morgan fingerprint density at radius 3 is 2.24 bits per heavy atom. The highest BCUT2D eigenvalue weighted by atomic mass is 127. The van der Waals surface area contributed by atoms with E-state index in [1.165, 1.54) is 21.3 Å². The summed E-state index contributed by atoms with van der Waals surface area (Å²) in [5, 5.41) is 35.7. The number of hydrogen-bond donors (Lipinski definition) is 3. The Labute approximate surface area is 519 Å². The third-order valence-corrected chi connectivity index (χ3v) is 20.3. The maximum atomic E-state index is 15.1. The van der Waals surface area contributed by atoms with E-state index in [1.54, 1.807) is 53.7 Å². The number of esters is 1. The zero-order valence-electron chi connectivity index (χ0n) is 52.6. The summed E-state index contributed by atoms with van der Waals surface area (Å²) in [5.41, 5.74) is 2.04. The van der Waals surface area contributed by atoms with Crippen LogP contribution in [0.2, 0.25) is 0 Å². The van der Waals surface area contributed by atoms with Crippen molar-refractivity contribution in [1.82, 2.24) is 25.3 Å². The fraction of sp³-hybridized carbons (Fsp3) is 0.754. The van der Waals surface area contributed by atoms with Crippen molar-refractivity contribution >= 4 is 46.3 Å². The molecule has 4 saturated heterocycles. The summed E-state index contributed by atoms with van der Waals surface area (Å²) >= 11 is 1.89. The van der Waals surface area contributed by atoms with Crippen molar-refractivity contribution in [3.63, 3.8) is 0 Å². The number of fused-ring (bicyclic) bond motifs is 1. The number of aromatic nitrogens is 1. The van der Waals surface area contributed by atoms with Crippen molar-refractivity contribution in [3.05, 3.63) is 53.9 Å². The van der Waals surface area contributed by atoms with Gasteiger partial charge in [-0.15, -0.1) is 0 Å². The van der Waals surface area contributed by atoms with Crippen molar-refractivity contribution in [2.75, 3.05) is 75.1 Å². The van der Waals surface area contributed by atoms with Crippen LogP contribution in [0.15, 0.2) is 52.9 Å². The number of halogens is 2. The van der Waals surface area contributed by atoms with Gasteiger partial charge >= 0.3 is 12.1 Å². The van der Waals surface area contributed by atoms with Crippen LogP contribution in [-0.2, 0) is 61.8 Å². The molecule has 25 heteroatoms. The van der Waals surface area contributed by atoms with Gasteiger partial charge in [0.1, 0.15) is 49.5 Å². The molecular formula is C61H93FIN7O16. The maximum absolute atomic E-state index is 15.1. The molecule has 4 fully saturated rings. The van der Waals surface area contributed by atoms with Gasteiger partial charge in [-0.1, -0.05) is 63.3 Å². The van der Waals surface area contributed by atoms with Gasteiger partial charge in [-0.05, 0) is 114 Å². The summed E-state index contributed by atoms with van der Waals surface area (Å²) in [7, 11) is 7.98. The van der Waals surface area contributed by atoms with E-state index in [1.807, 2.05) is 105 Å². The molecule has 0 spiro atoms. The summed E-state index contributed by atoms with van der Waals surface area (Å²) < 4.78 is 75.7. The number of carbonyl (C=O) groups is 4. The van der Waals surface area contributed by atoms with Crippen molar-refractivity contribution in [1.29, 1.82) is 0 Å². The molecule has 1 aromatic carbocycles. The number of carbonyl (C=O) groups excluding carboxylic acids is 4. The number of cyclic esters (lactones) is 1. The molecule has 23 nitrogen and oxygen atoms in total. The lowest BCUT2D eigenvalue weighted by Gasteiger charge is -2.52. The highest BCUT2D eigenvalue weighted by Gasteiger charge is 2.62. The second kappa shape index (κ2) is 29.7. The Morgan fingerprint density at radius 2 is 1.62 bits per heavy atom. The van der Waals surface area contributed by atoms with Gasteiger partial charge in [0.25, 0.3) is 5.91 Å². The number of ketones is 1. The lowest BCUT2D eigenvalue weighted by Crippen LogP contribution is -2.63. The standard InChI is InChI=1S/C61H93FIN7O16/c1-33-27-60(9,80-15)54(84-56-50(73)44(26-35(3)82-56)68(11)23-22-43-31-69(67-65-43)45(29-62)51(78-13)41-20-18-40(19-21-41)42-17-16-34(2)64-30-42)36(4)48(46-28-59(8,79-14)53(74)39(7)83-46)37(5)55(75)85-57(63)61(10)52(38(6)49(33)72)70(58(76)86-61)66-47(71)32-81-25-24-77-12/h16-21,30,33,35-39,43-46,48,50-54,56-57,73-74H,22-29,31-32H2,1-15H3,(H,66,71)/t33-,35-,36+,37-,38+,39+,43?,44+,45-,46-,48?,50-,51-,52-,53+,54-,56+,57+,59-,60-,61+/m1/s1. The van der Waals surface area contributed by atoms with Gasteiger partial charge in [0.05, 0.1) is 67.3 Å². The zero-order valence-corrected chi connectivity index (χ0v) is 54.7. The minimum Gasteiger partial charge on any atom is -0.447 e. The van der Waals surface area contributed by atoms with Crippen molar-refractivity contribution in [3.8, 4) is 11.1 Å². The van der Waals surface area contributed by atoms with Crippen molar-refractivity contribution < 1.29 is 81.2 Å². The van der Waals surface area contributed by atoms with Crippen LogP contribution >= 0.6 is 22.6 Å². The molecule has 5 aliphatic heterocycles. The van der Waals surface area contributed by atoms with E-state index in [4.69, 9.17) is 47.4 Å². The maximum Gasteiger partial charge on any atom is 0.429 e. The van der Waals surface area contributed by atoms with Crippen LogP contribution in [0.3, 0.4) is 0 Å². The molecule has 0 saturated carbocycles. The molecule has 0 bridgehead atoms. The molecule has 21 atom stereocenters. The number of pyridine rings is 1. The van der Waals surface area contributed by atoms with E-state index in [2.05, 4.69) is 20.7 Å². The number of likely N-dealkylation sites (N-methyl/N-ethyl adjacent to an activating group) is 1. The van der Waals surface area contributed by atoms with Gasteiger partial charge in [0, 0.05) is 82.7 Å². The first-order valence-electron chi connectivity index (χ1n) is 29.9.